The van der Waals surface area contributed by atoms with E-state index in [1.54, 1.807) is 24.7 Å². The molecule has 1 aromatic carbocycles. The highest BCUT2D eigenvalue weighted by Gasteiger charge is 2.20. The third kappa shape index (κ3) is 2.52. The highest BCUT2D eigenvalue weighted by Crippen LogP contribution is 2.33. The van der Waals surface area contributed by atoms with Crippen molar-refractivity contribution in [3.8, 4) is 0 Å². The Balaban J connectivity index is 2.36. The van der Waals surface area contributed by atoms with Crippen LogP contribution in [0.15, 0.2) is 35.9 Å². The molecule has 3 rings (SSSR count). The van der Waals surface area contributed by atoms with Crippen LogP contribution in [0.1, 0.15) is 13.8 Å². The summed E-state index contributed by atoms with van der Waals surface area (Å²) < 4.78 is 0. The van der Waals surface area contributed by atoms with Crippen molar-refractivity contribution in [2.45, 2.75) is 24.3 Å². The van der Waals surface area contributed by atoms with Crippen LogP contribution < -0.4 is 0 Å². The van der Waals surface area contributed by atoms with E-state index in [-0.39, 0.29) is 10.6 Å². The normalized spacial score (nSPS) is 11.4. The number of thioether (sulfide) groups is 1. The molecule has 0 aliphatic rings. The van der Waals surface area contributed by atoms with Gasteiger partial charge in [0.1, 0.15) is 0 Å². The monoisotopic (exact) mass is 300 g/mol. The lowest BCUT2D eigenvalue weighted by Crippen LogP contribution is -1.97. The fourth-order valence-corrected chi connectivity index (χ4v) is 2.83. The molecule has 0 bridgehead atoms. The lowest BCUT2D eigenvalue weighted by atomic mass is 10.1. The zero-order valence-corrected chi connectivity index (χ0v) is 12.3. The molecule has 0 saturated carbocycles. The van der Waals surface area contributed by atoms with Gasteiger partial charge in [0.15, 0.2) is 10.7 Å². The summed E-state index contributed by atoms with van der Waals surface area (Å²) >= 11 is 1.48. The largest absolute Gasteiger partial charge is 0.303 e. The van der Waals surface area contributed by atoms with E-state index < -0.39 is 0 Å². The smallest absolute Gasteiger partial charge is 0.264 e. The van der Waals surface area contributed by atoms with E-state index in [9.17, 15) is 10.1 Å². The summed E-state index contributed by atoms with van der Waals surface area (Å²) in [6, 6.07) is 3.47. The summed E-state index contributed by atoms with van der Waals surface area (Å²) in [6.07, 6.45) is 4.79. The third-order valence-corrected chi connectivity index (χ3v) is 3.84. The SMILES string of the molecule is CC(C)Sc1ncc2cc3cnccc3c([N+](=O)[O-])c2n1. The molecule has 0 saturated heterocycles. The minimum Gasteiger partial charge on any atom is -0.264 e. The third-order valence-electron chi connectivity index (χ3n) is 2.96. The predicted molar refractivity (Wildman–Crippen MR) is 82.5 cm³/mol. The van der Waals surface area contributed by atoms with Crippen LogP contribution in [-0.4, -0.2) is 25.1 Å². The summed E-state index contributed by atoms with van der Waals surface area (Å²) in [7, 11) is 0. The van der Waals surface area contributed by atoms with Crippen LogP contribution in [0.5, 0.6) is 0 Å². The number of nitro groups is 1. The van der Waals surface area contributed by atoms with Gasteiger partial charge in [-0.1, -0.05) is 25.6 Å². The van der Waals surface area contributed by atoms with Gasteiger partial charge in [-0.3, -0.25) is 15.1 Å². The van der Waals surface area contributed by atoms with Gasteiger partial charge in [-0.05, 0) is 12.1 Å². The maximum Gasteiger partial charge on any atom is 0.303 e. The molecule has 0 atom stereocenters. The predicted octanol–water partition coefficient (Wildman–Crippen LogP) is 3.59. The Morgan fingerprint density at radius 1 is 1.29 bits per heavy atom. The van der Waals surface area contributed by atoms with E-state index in [1.807, 2.05) is 19.9 Å². The zero-order valence-electron chi connectivity index (χ0n) is 11.5. The number of rotatable bonds is 3. The van der Waals surface area contributed by atoms with Crippen molar-refractivity contribution in [3.63, 3.8) is 0 Å². The molecule has 6 nitrogen and oxygen atoms in total. The minimum absolute atomic E-state index is 0.0120. The molecule has 0 fully saturated rings. The van der Waals surface area contributed by atoms with Crippen molar-refractivity contribution < 1.29 is 4.92 Å². The highest BCUT2D eigenvalue weighted by atomic mass is 32.2. The lowest BCUT2D eigenvalue weighted by Gasteiger charge is -2.06. The Kier molecular flexibility index (Phi) is 3.42. The maximum absolute atomic E-state index is 11.5. The molecule has 0 aliphatic heterocycles. The first-order valence-corrected chi connectivity index (χ1v) is 7.29. The van der Waals surface area contributed by atoms with Crippen molar-refractivity contribution in [2.75, 3.05) is 0 Å². The Labute approximate surface area is 124 Å². The molecule has 21 heavy (non-hydrogen) atoms. The molecule has 106 valence electrons. The molecule has 0 radical (unpaired) electrons. The van der Waals surface area contributed by atoms with Crippen molar-refractivity contribution in [3.05, 3.63) is 40.8 Å². The summed E-state index contributed by atoms with van der Waals surface area (Å²) in [5.74, 6) is 0. The van der Waals surface area contributed by atoms with Crippen molar-refractivity contribution in [2.24, 2.45) is 0 Å². The van der Waals surface area contributed by atoms with E-state index in [2.05, 4.69) is 15.0 Å². The number of nitro benzene ring substituents is 1. The molecule has 0 aliphatic carbocycles. The van der Waals surface area contributed by atoms with Gasteiger partial charge in [-0.2, -0.15) is 0 Å². The van der Waals surface area contributed by atoms with Gasteiger partial charge in [0.05, 0.1) is 10.3 Å². The van der Waals surface area contributed by atoms with Crippen LogP contribution in [0.25, 0.3) is 21.7 Å². The minimum atomic E-state index is -0.387. The average Bonchev–Trinajstić information content (AvgIpc) is 2.43. The summed E-state index contributed by atoms with van der Waals surface area (Å²) in [5, 5.41) is 14.2. The molecular formula is C14H12N4O2S. The maximum atomic E-state index is 11.5. The zero-order chi connectivity index (χ0) is 15.0. The molecule has 2 aromatic heterocycles. The number of pyridine rings is 1. The van der Waals surface area contributed by atoms with Gasteiger partial charge in [-0.25, -0.2) is 9.97 Å². The molecule has 0 amide bonds. The molecule has 2 heterocycles. The Bertz CT molecular complexity index is 851. The van der Waals surface area contributed by atoms with Gasteiger partial charge in [-0.15, -0.1) is 0 Å². The Hall–Kier alpha value is -2.28. The number of hydrogen-bond donors (Lipinski definition) is 0. The van der Waals surface area contributed by atoms with Crippen molar-refractivity contribution in [1.29, 1.82) is 0 Å². The van der Waals surface area contributed by atoms with Crippen LogP contribution in [0.3, 0.4) is 0 Å². The summed E-state index contributed by atoms with van der Waals surface area (Å²) in [5.41, 5.74) is 0.384. The first-order chi connectivity index (χ1) is 10.1. The van der Waals surface area contributed by atoms with Crippen molar-refractivity contribution >= 4 is 39.1 Å². The molecule has 0 N–H and O–H groups in total. The van der Waals surface area contributed by atoms with E-state index in [0.717, 1.165) is 0 Å². The second-order valence-electron chi connectivity index (χ2n) is 4.84. The number of benzene rings is 1. The number of nitrogens with zero attached hydrogens (tertiary/aromatic N) is 4. The van der Waals surface area contributed by atoms with Crippen LogP contribution in [0.4, 0.5) is 5.69 Å². The van der Waals surface area contributed by atoms with Crippen LogP contribution in [0, 0.1) is 10.1 Å². The quantitative estimate of drug-likeness (QED) is 0.242. The van der Waals surface area contributed by atoms with Crippen LogP contribution >= 0.6 is 11.8 Å². The standard InChI is InChI=1S/C14H12N4O2S/c1-8(2)21-14-16-7-10-5-9-6-15-4-3-11(9)13(18(19)20)12(10)17-14/h3-8H,1-2H3. The number of fused-ring (bicyclic) bond motifs is 2. The average molecular weight is 300 g/mol. The number of aromatic nitrogens is 3. The molecule has 0 spiro atoms. The first kappa shape index (κ1) is 13.7. The lowest BCUT2D eigenvalue weighted by molar-refractivity contribution is -0.381. The van der Waals surface area contributed by atoms with Gasteiger partial charge >= 0.3 is 5.69 Å². The van der Waals surface area contributed by atoms with Crippen molar-refractivity contribution in [1.82, 2.24) is 15.0 Å². The Morgan fingerprint density at radius 2 is 2.10 bits per heavy atom. The fourth-order valence-electron chi connectivity index (χ4n) is 2.16. The number of non-ortho nitro benzene ring substituents is 1. The molecule has 7 heteroatoms. The van der Waals surface area contributed by atoms with Gasteiger partial charge in [0.25, 0.3) is 0 Å². The molecule has 3 aromatic rings. The molecule has 0 unspecified atom stereocenters. The molecular weight excluding hydrogens is 288 g/mol. The Morgan fingerprint density at radius 3 is 2.81 bits per heavy atom. The van der Waals surface area contributed by atoms with E-state index in [1.165, 1.54) is 11.8 Å². The van der Waals surface area contributed by atoms with Gasteiger partial charge in [0, 0.05) is 34.6 Å². The van der Waals surface area contributed by atoms with E-state index in [4.69, 9.17) is 0 Å². The van der Waals surface area contributed by atoms with Crippen LogP contribution in [0.2, 0.25) is 0 Å². The second-order valence-corrected chi connectivity index (χ2v) is 6.38. The fraction of sp³-hybridized carbons (Fsp3) is 0.214. The van der Waals surface area contributed by atoms with E-state index in [0.29, 0.717) is 32.1 Å². The topological polar surface area (TPSA) is 81.8 Å². The first-order valence-electron chi connectivity index (χ1n) is 6.41. The highest BCUT2D eigenvalue weighted by molar-refractivity contribution is 7.99. The van der Waals surface area contributed by atoms with Gasteiger partial charge < -0.3 is 0 Å². The van der Waals surface area contributed by atoms with E-state index >= 15 is 0 Å². The second kappa shape index (κ2) is 5.25. The summed E-state index contributed by atoms with van der Waals surface area (Å²) in [4.78, 5) is 23.7. The number of hydrogen-bond acceptors (Lipinski definition) is 6. The summed E-state index contributed by atoms with van der Waals surface area (Å²) in [6.45, 7) is 4.05. The van der Waals surface area contributed by atoms with Gasteiger partial charge in [0.2, 0.25) is 0 Å². The van der Waals surface area contributed by atoms with Crippen LogP contribution in [-0.2, 0) is 0 Å².